The molecule has 0 saturated carbocycles. The molecule has 1 aromatic carbocycles. The molecule has 94 valence electrons. The van der Waals surface area contributed by atoms with Gasteiger partial charge in [-0.1, -0.05) is 52.0 Å². The molecule has 0 amide bonds. The van der Waals surface area contributed by atoms with Crippen molar-refractivity contribution in [3.05, 3.63) is 35.4 Å². The van der Waals surface area contributed by atoms with Gasteiger partial charge in [-0.15, -0.1) is 0 Å². The fraction of sp³-hybridized carbons (Fsp3) is 0.625. The summed E-state index contributed by atoms with van der Waals surface area (Å²) in [5.41, 5.74) is 3.39. The minimum absolute atomic E-state index is 0.340. The van der Waals surface area contributed by atoms with Gasteiger partial charge in [0.05, 0.1) is 0 Å². The highest BCUT2D eigenvalue weighted by molar-refractivity contribution is 5.37. The van der Waals surface area contributed by atoms with Crippen LogP contribution in [0.15, 0.2) is 24.3 Å². The van der Waals surface area contributed by atoms with Crippen molar-refractivity contribution in [2.45, 2.75) is 59.0 Å². The van der Waals surface area contributed by atoms with E-state index in [0.29, 0.717) is 17.5 Å². The standard InChI is InChI=1S/C16H25N/c1-5-13(6-2)17-15-14-10-8-7-9-12(14)11-16(15,3)4/h7-10,13,15,17H,5-6,11H2,1-4H3. The lowest BCUT2D eigenvalue weighted by Gasteiger charge is -2.32. The summed E-state index contributed by atoms with van der Waals surface area (Å²) >= 11 is 0. The molecule has 1 nitrogen and oxygen atoms in total. The molecule has 1 aliphatic carbocycles. The lowest BCUT2D eigenvalue weighted by atomic mass is 9.84. The summed E-state index contributed by atoms with van der Waals surface area (Å²) in [6.07, 6.45) is 3.62. The minimum atomic E-state index is 0.340. The van der Waals surface area contributed by atoms with E-state index in [-0.39, 0.29) is 0 Å². The highest BCUT2D eigenvalue weighted by Crippen LogP contribution is 2.45. The second-order valence-electron chi connectivity index (χ2n) is 5.98. The molecular formula is C16H25N. The van der Waals surface area contributed by atoms with Crippen LogP contribution in [0.5, 0.6) is 0 Å². The van der Waals surface area contributed by atoms with Crippen LogP contribution in [-0.4, -0.2) is 6.04 Å². The molecular weight excluding hydrogens is 206 g/mol. The third kappa shape index (κ3) is 2.40. The van der Waals surface area contributed by atoms with Crippen LogP contribution in [0.4, 0.5) is 0 Å². The Hall–Kier alpha value is -0.820. The lowest BCUT2D eigenvalue weighted by molar-refractivity contribution is 0.242. The van der Waals surface area contributed by atoms with E-state index in [1.54, 1.807) is 0 Å². The monoisotopic (exact) mass is 231 g/mol. The van der Waals surface area contributed by atoms with Crippen LogP contribution in [0.2, 0.25) is 0 Å². The molecule has 1 aromatic rings. The van der Waals surface area contributed by atoms with Crippen molar-refractivity contribution in [2.24, 2.45) is 5.41 Å². The Bertz CT molecular complexity index is 377. The molecule has 0 fully saturated rings. The van der Waals surface area contributed by atoms with Crippen LogP contribution in [-0.2, 0) is 6.42 Å². The summed E-state index contributed by atoms with van der Waals surface area (Å²) in [5.74, 6) is 0. The van der Waals surface area contributed by atoms with Crippen molar-refractivity contribution in [1.82, 2.24) is 5.32 Å². The molecule has 0 radical (unpaired) electrons. The van der Waals surface area contributed by atoms with Gasteiger partial charge in [0.2, 0.25) is 0 Å². The van der Waals surface area contributed by atoms with Crippen LogP contribution in [0.3, 0.4) is 0 Å². The van der Waals surface area contributed by atoms with Gasteiger partial charge in [0.1, 0.15) is 0 Å². The van der Waals surface area contributed by atoms with Crippen molar-refractivity contribution in [3.63, 3.8) is 0 Å². The predicted molar refractivity (Wildman–Crippen MR) is 74.2 cm³/mol. The molecule has 0 bridgehead atoms. The van der Waals surface area contributed by atoms with Crippen molar-refractivity contribution >= 4 is 0 Å². The molecule has 1 aliphatic rings. The van der Waals surface area contributed by atoms with Crippen LogP contribution < -0.4 is 5.32 Å². The highest BCUT2D eigenvalue weighted by atomic mass is 15.0. The van der Waals surface area contributed by atoms with E-state index >= 15 is 0 Å². The van der Waals surface area contributed by atoms with Gasteiger partial charge in [-0.3, -0.25) is 0 Å². The summed E-state index contributed by atoms with van der Waals surface area (Å²) < 4.78 is 0. The smallest absolute Gasteiger partial charge is 0.0379 e. The average molecular weight is 231 g/mol. The Morgan fingerprint density at radius 2 is 1.88 bits per heavy atom. The summed E-state index contributed by atoms with van der Waals surface area (Å²) in [4.78, 5) is 0. The molecule has 1 heteroatoms. The summed E-state index contributed by atoms with van der Waals surface area (Å²) in [5, 5.41) is 3.86. The Kier molecular flexibility index (Phi) is 3.58. The predicted octanol–water partition coefficient (Wildman–Crippen LogP) is 4.09. The second kappa shape index (κ2) is 4.81. The molecule has 2 rings (SSSR count). The molecule has 0 aromatic heterocycles. The maximum Gasteiger partial charge on any atom is 0.0379 e. The third-order valence-corrected chi connectivity index (χ3v) is 4.18. The number of nitrogens with one attached hydrogen (secondary N) is 1. The van der Waals surface area contributed by atoms with E-state index in [1.165, 1.54) is 30.4 Å². The Morgan fingerprint density at radius 1 is 1.24 bits per heavy atom. The van der Waals surface area contributed by atoms with Gasteiger partial charge >= 0.3 is 0 Å². The van der Waals surface area contributed by atoms with Crippen LogP contribution >= 0.6 is 0 Å². The zero-order valence-electron chi connectivity index (χ0n) is 11.6. The average Bonchev–Trinajstić information content (AvgIpc) is 2.56. The fourth-order valence-electron chi connectivity index (χ4n) is 3.07. The van der Waals surface area contributed by atoms with Crippen LogP contribution in [0.25, 0.3) is 0 Å². The van der Waals surface area contributed by atoms with Crippen molar-refractivity contribution < 1.29 is 0 Å². The summed E-state index contributed by atoms with van der Waals surface area (Å²) in [7, 11) is 0. The first-order valence-electron chi connectivity index (χ1n) is 6.92. The summed E-state index contributed by atoms with van der Waals surface area (Å²) in [6, 6.07) is 10.1. The Labute approximate surface area is 106 Å². The van der Waals surface area contributed by atoms with E-state index in [4.69, 9.17) is 0 Å². The van der Waals surface area contributed by atoms with Crippen molar-refractivity contribution in [2.75, 3.05) is 0 Å². The third-order valence-electron chi connectivity index (χ3n) is 4.18. The van der Waals surface area contributed by atoms with Gasteiger partial charge in [-0.2, -0.15) is 0 Å². The Balaban J connectivity index is 2.25. The first-order chi connectivity index (χ1) is 8.08. The van der Waals surface area contributed by atoms with E-state index < -0.39 is 0 Å². The second-order valence-corrected chi connectivity index (χ2v) is 5.98. The van der Waals surface area contributed by atoms with Crippen molar-refractivity contribution in [3.8, 4) is 0 Å². The van der Waals surface area contributed by atoms with E-state index in [1.807, 2.05) is 0 Å². The van der Waals surface area contributed by atoms with Gasteiger partial charge in [-0.25, -0.2) is 0 Å². The van der Waals surface area contributed by atoms with E-state index in [9.17, 15) is 0 Å². The first kappa shape index (κ1) is 12.6. The number of fused-ring (bicyclic) bond motifs is 1. The molecule has 0 spiro atoms. The first-order valence-corrected chi connectivity index (χ1v) is 6.92. The molecule has 0 aliphatic heterocycles. The number of hydrogen-bond donors (Lipinski definition) is 1. The van der Waals surface area contributed by atoms with Gasteiger partial charge in [0, 0.05) is 12.1 Å². The number of hydrogen-bond acceptors (Lipinski definition) is 1. The SMILES string of the molecule is CCC(CC)NC1c2ccccc2CC1(C)C. The van der Waals surface area contributed by atoms with E-state index in [2.05, 4.69) is 57.3 Å². The van der Waals surface area contributed by atoms with Gasteiger partial charge in [0.15, 0.2) is 0 Å². The zero-order chi connectivity index (χ0) is 12.5. The highest BCUT2D eigenvalue weighted by Gasteiger charge is 2.38. The molecule has 1 unspecified atom stereocenters. The maximum atomic E-state index is 3.86. The molecule has 0 heterocycles. The van der Waals surface area contributed by atoms with Gasteiger partial charge in [0.25, 0.3) is 0 Å². The minimum Gasteiger partial charge on any atom is -0.307 e. The largest absolute Gasteiger partial charge is 0.307 e. The molecule has 1 atom stereocenters. The quantitative estimate of drug-likeness (QED) is 0.823. The molecule has 0 saturated heterocycles. The summed E-state index contributed by atoms with van der Waals surface area (Å²) in [6.45, 7) is 9.31. The zero-order valence-corrected chi connectivity index (χ0v) is 11.6. The fourth-order valence-corrected chi connectivity index (χ4v) is 3.07. The van der Waals surface area contributed by atoms with Crippen LogP contribution in [0, 0.1) is 5.41 Å². The maximum absolute atomic E-state index is 3.86. The molecule has 1 N–H and O–H groups in total. The van der Waals surface area contributed by atoms with Crippen LogP contribution in [0.1, 0.15) is 57.7 Å². The van der Waals surface area contributed by atoms with Crippen molar-refractivity contribution in [1.29, 1.82) is 0 Å². The normalized spacial score (nSPS) is 21.8. The van der Waals surface area contributed by atoms with Gasteiger partial charge < -0.3 is 5.32 Å². The number of rotatable bonds is 4. The molecule has 17 heavy (non-hydrogen) atoms. The van der Waals surface area contributed by atoms with Gasteiger partial charge in [-0.05, 0) is 35.8 Å². The van der Waals surface area contributed by atoms with E-state index in [0.717, 1.165) is 0 Å². The Morgan fingerprint density at radius 3 is 2.53 bits per heavy atom. The topological polar surface area (TPSA) is 12.0 Å². The number of benzene rings is 1. The lowest BCUT2D eigenvalue weighted by Crippen LogP contribution is -2.37.